The summed E-state index contributed by atoms with van der Waals surface area (Å²) in [6, 6.07) is 7.44. The molecule has 40 heavy (non-hydrogen) atoms. The van der Waals surface area contributed by atoms with E-state index in [1.807, 2.05) is 26.0 Å². The fourth-order valence-electron chi connectivity index (χ4n) is 3.36. The first-order chi connectivity index (χ1) is 18.9. The fraction of sp³-hybridized carbons (Fsp3) is 0.231. The van der Waals surface area contributed by atoms with Crippen LogP contribution in [-0.2, 0) is 9.47 Å². The third kappa shape index (κ3) is 7.89. The van der Waals surface area contributed by atoms with Gasteiger partial charge in [0.25, 0.3) is 0 Å². The van der Waals surface area contributed by atoms with Gasteiger partial charge in [-0.2, -0.15) is 0 Å². The lowest BCUT2D eigenvalue weighted by atomic mass is 10.1. The summed E-state index contributed by atoms with van der Waals surface area (Å²) in [5.41, 5.74) is 0. The molecule has 0 radical (unpaired) electrons. The molecular weight excluding hydrogens is 1050 g/mol. The second-order valence-electron chi connectivity index (χ2n) is 7.75. The van der Waals surface area contributed by atoms with Crippen LogP contribution in [0.5, 0.6) is 23.0 Å². The zero-order valence-electron chi connectivity index (χ0n) is 20.7. The van der Waals surface area contributed by atoms with Crippen molar-refractivity contribution in [3.63, 3.8) is 0 Å². The number of aromatic hydroxyl groups is 2. The summed E-state index contributed by atoms with van der Waals surface area (Å²) in [6.07, 6.45) is 0. The van der Waals surface area contributed by atoms with Gasteiger partial charge in [0.2, 0.25) is 0 Å². The number of benzene rings is 4. The van der Waals surface area contributed by atoms with Gasteiger partial charge in [0.1, 0.15) is 11.5 Å². The third-order valence-corrected chi connectivity index (χ3v) is 10.9. The maximum Gasteiger partial charge on any atom is 0.189 e. The van der Waals surface area contributed by atoms with Gasteiger partial charge in [0.05, 0.1) is 35.8 Å². The Hall–Kier alpha value is 0.360. The van der Waals surface area contributed by atoms with Gasteiger partial charge >= 0.3 is 0 Å². The highest BCUT2D eigenvalue weighted by molar-refractivity contribution is 9.12. The van der Waals surface area contributed by atoms with Crippen molar-refractivity contribution in [1.82, 2.24) is 0 Å². The Bertz CT molecular complexity index is 1430. The van der Waals surface area contributed by atoms with E-state index in [-0.39, 0.29) is 25.1 Å². The number of phenols is 2. The van der Waals surface area contributed by atoms with Crippen LogP contribution >= 0.6 is 127 Å². The predicted molar refractivity (Wildman–Crippen MR) is 187 cm³/mol. The highest BCUT2D eigenvalue weighted by Gasteiger charge is 2.19. The minimum absolute atomic E-state index is 0.136. The van der Waals surface area contributed by atoms with Gasteiger partial charge in [-0.25, -0.2) is 0 Å². The number of hydrogen-bond acceptors (Lipinski definition) is 6. The van der Waals surface area contributed by atoms with Crippen molar-refractivity contribution in [2.75, 3.05) is 26.8 Å². The van der Waals surface area contributed by atoms with Crippen molar-refractivity contribution >= 4 is 149 Å². The van der Waals surface area contributed by atoms with Crippen LogP contribution in [0.1, 0.15) is 13.8 Å². The molecule has 0 heterocycles. The van der Waals surface area contributed by atoms with E-state index in [9.17, 15) is 10.2 Å². The zero-order chi connectivity index (χ0) is 29.7. The summed E-state index contributed by atoms with van der Waals surface area (Å²) in [5, 5.41) is 23.1. The third-order valence-electron chi connectivity index (χ3n) is 5.29. The zero-order valence-corrected chi connectivity index (χ0v) is 33.4. The van der Waals surface area contributed by atoms with Crippen LogP contribution in [0.25, 0.3) is 21.5 Å². The van der Waals surface area contributed by atoms with Crippen LogP contribution in [0.2, 0.25) is 0 Å². The van der Waals surface area contributed by atoms with Crippen LogP contribution < -0.4 is 9.47 Å². The van der Waals surface area contributed by atoms with Gasteiger partial charge in [-0.1, -0.05) is 0 Å². The highest BCUT2D eigenvalue weighted by atomic mass is 79.9. The van der Waals surface area contributed by atoms with E-state index in [2.05, 4.69) is 127 Å². The lowest BCUT2D eigenvalue weighted by Crippen LogP contribution is -2.04. The molecule has 2 N–H and O–H groups in total. The van der Waals surface area contributed by atoms with Gasteiger partial charge in [-0.05, 0) is 166 Å². The summed E-state index contributed by atoms with van der Waals surface area (Å²) >= 11 is 27.5. The molecule has 0 bridgehead atoms. The monoisotopic (exact) mass is 1060 g/mol. The minimum atomic E-state index is 0.136. The van der Waals surface area contributed by atoms with Crippen molar-refractivity contribution in [3.8, 4) is 23.0 Å². The van der Waals surface area contributed by atoms with E-state index in [1.54, 1.807) is 12.1 Å². The van der Waals surface area contributed by atoms with E-state index < -0.39 is 0 Å². The summed E-state index contributed by atoms with van der Waals surface area (Å²) in [7, 11) is 0. The molecule has 0 saturated carbocycles. The van der Waals surface area contributed by atoms with Crippen molar-refractivity contribution in [3.05, 3.63) is 60.0 Å². The first-order valence-corrected chi connectivity index (χ1v) is 17.7. The van der Waals surface area contributed by atoms with Gasteiger partial charge in [0, 0.05) is 34.8 Å². The van der Waals surface area contributed by atoms with Crippen LogP contribution in [0.3, 0.4) is 0 Å². The highest BCUT2D eigenvalue weighted by Crippen LogP contribution is 2.48. The van der Waals surface area contributed by atoms with Crippen molar-refractivity contribution in [2.45, 2.75) is 13.8 Å². The molecule has 0 atom stereocenters. The van der Waals surface area contributed by atoms with E-state index in [0.29, 0.717) is 42.6 Å². The van der Waals surface area contributed by atoms with Gasteiger partial charge in [-0.3, -0.25) is 0 Å². The molecule has 216 valence electrons. The number of ether oxygens (including phenoxy) is 4. The lowest BCUT2D eigenvalue weighted by molar-refractivity contribution is 0.0211. The second kappa shape index (κ2) is 15.9. The number of phenolic OH excluding ortho intramolecular Hbond substituents is 2. The van der Waals surface area contributed by atoms with E-state index >= 15 is 0 Å². The quantitative estimate of drug-likeness (QED) is 0.135. The van der Waals surface area contributed by atoms with Crippen LogP contribution in [0, 0.1) is 0 Å². The maximum absolute atomic E-state index is 9.77. The van der Waals surface area contributed by atoms with Crippen molar-refractivity contribution < 1.29 is 29.2 Å². The summed E-state index contributed by atoms with van der Waals surface area (Å²) in [4.78, 5) is 0. The number of hydrogen-bond donors (Lipinski definition) is 2. The molecule has 0 amide bonds. The topological polar surface area (TPSA) is 77.4 Å². The number of rotatable bonds is 8. The fourth-order valence-corrected chi connectivity index (χ4v) is 8.76. The predicted octanol–water partition coefficient (Wildman–Crippen LogP) is 11.9. The average molecular weight is 1070 g/mol. The normalized spacial score (nSPS) is 11.1. The molecular formula is C26H20Br8O6. The standard InChI is InChI=1S/C16H16Br4O4.C10H4Br4O2/c1-3-21-7-23-15-11(17)5-10-9(13(15)19)6-12(18)16(14(10)20)24-8-22-4-2;11-5-1-3-4(8(14)9(5)15)2-6(12)10(16)7(3)13/h5-6H,3-4,7-8H2,1-2H3;1-2,15-16H. The van der Waals surface area contributed by atoms with E-state index in [1.165, 1.54) is 0 Å². The molecule has 4 rings (SSSR count). The summed E-state index contributed by atoms with van der Waals surface area (Å²) < 4.78 is 27.6. The molecule has 0 unspecified atom stereocenters. The summed E-state index contributed by atoms with van der Waals surface area (Å²) in [6.45, 7) is 5.42. The molecule has 0 spiro atoms. The minimum Gasteiger partial charge on any atom is -0.506 e. The summed E-state index contributed by atoms with van der Waals surface area (Å²) in [5.74, 6) is 1.66. The van der Waals surface area contributed by atoms with Crippen molar-refractivity contribution in [2.24, 2.45) is 0 Å². The van der Waals surface area contributed by atoms with Gasteiger partial charge in [-0.15, -0.1) is 0 Å². The van der Waals surface area contributed by atoms with Crippen LogP contribution in [0.15, 0.2) is 60.0 Å². The Labute approximate surface area is 298 Å². The molecule has 0 fully saturated rings. The molecule has 0 aliphatic carbocycles. The molecule has 4 aromatic carbocycles. The average Bonchev–Trinajstić information content (AvgIpc) is 2.92. The smallest absolute Gasteiger partial charge is 0.189 e. The Balaban J connectivity index is 0.000000238. The molecule has 6 nitrogen and oxygen atoms in total. The number of fused-ring (bicyclic) bond motifs is 2. The maximum atomic E-state index is 9.77. The molecule has 0 aliphatic rings. The molecule has 0 aliphatic heterocycles. The second-order valence-corrected chi connectivity index (χ2v) is 14.3. The van der Waals surface area contributed by atoms with Crippen LogP contribution in [-0.4, -0.2) is 37.0 Å². The molecule has 14 heteroatoms. The number of halogens is 8. The van der Waals surface area contributed by atoms with E-state index in [0.717, 1.165) is 39.4 Å². The molecule has 4 aromatic rings. The Kier molecular flexibility index (Phi) is 13.8. The Morgan fingerprint density at radius 1 is 0.500 bits per heavy atom. The first-order valence-electron chi connectivity index (χ1n) is 11.3. The van der Waals surface area contributed by atoms with Crippen LogP contribution in [0.4, 0.5) is 0 Å². The first kappa shape index (κ1) is 34.8. The lowest BCUT2D eigenvalue weighted by Gasteiger charge is -2.16. The molecule has 0 aromatic heterocycles. The Morgan fingerprint density at radius 3 is 1.12 bits per heavy atom. The Morgan fingerprint density at radius 2 is 0.800 bits per heavy atom. The SMILES string of the molecule is CCOCOc1c(Br)cc2c(Br)c(OCOCC)c(Br)cc2c1Br.Oc1c(Br)cc2c(Br)c(O)c(Br)cc2c1Br. The van der Waals surface area contributed by atoms with Gasteiger partial charge < -0.3 is 29.2 Å². The molecule has 0 saturated heterocycles. The van der Waals surface area contributed by atoms with Crippen molar-refractivity contribution in [1.29, 1.82) is 0 Å². The van der Waals surface area contributed by atoms with Gasteiger partial charge in [0.15, 0.2) is 25.1 Å². The van der Waals surface area contributed by atoms with E-state index in [4.69, 9.17) is 18.9 Å². The largest absolute Gasteiger partial charge is 0.506 e.